The Labute approximate surface area is 83.9 Å². The normalized spacial score (nSPS) is 11.0. The van der Waals surface area contributed by atoms with Crippen molar-refractivity contribution in [2.24, 2.45) is 0 Å². The first kappa shape index (κ1) is 9.50. The van der Waals surface area contributed by atoms with Crippen molar-refractivity contribution in [1.29, 1.82) is 0 Å². The molecule has 0 aromatic carbocycles. The number of anilines is 1. The summed E-state index contributed by atoms with van der Waals surface area (Å²) in [6.07, 6.45) is 0.772. The Morgan fingerprint density at radius 3 is 2.80 bits per heavy atom. The number of nitrogens with zero attached hydrogens (tertiary/aromatic N) is 2. The number of fused-ring (bicyclic) bond motifs is 1. The fraction of sp³-hybridized carbons (Fsp3) is 0.375. The quantitative estimate of drug-likeness (QED) is 0.613. The van der Waals surface area contributed by atoms with E-state index in [2.05, 4.69) is 15.0 Å². The standard InChI is InChI=1S/C8H11N5O2/c1-2-3-13-5-4(10-7(9)11-5)6(14)12-8(13)15/h2-3H2,1H3,(H3,9,10,11)(H,12,14,15). The van der Waals surface area contributed by atoms with Crippen LogP contribution in [0.1, 0.15) is 13.3 Å². The second-order valence-corrected chi connectivity index (χ2v) is 3.23. The highest BCUT2D eigenvalue weighted by Crippen LogP contribution is 2.05. The largest absolute Gasteiger partial charge is 0.369 e. The van der Waals surface area contributed by atoms with Gasteiger partial charge in [0.15, 0.2) is 17.1 Å². The number of nitrogens with two attached hydrogens (primary N) is 1. The van der Waals surface area contributed by atoms with E-state index >= 15 is 0 Å². The maximum Gasteiger partial charge on any atom is 0.330 e. The van der Waals surface area contributed by atoms with Gasteiger partial charge in [-0.25, -0.2) is 4.79 Å². The monoisotopic (exact) mass is 209 g/mol. The molecule has 2 rings (SSSR count). The summed E-state index contributed by atoms with van der Waals surface area (Å²) >= 11 is 0. The molecule has 0 spiro atoms. The predicted molar refractivity (Wildman–Crippen MR) is 55.7 cm³/mol. The summed E-state index contributed by atoms with van der Waals surface area (Å²) in [7, 11) is 0. The average molecular weight is 209 g/mol. The van der Waals surface area contributed by atoms with Crippen LogP contribution in [-0.4, -0.2) is 19.5 Å². The Hall–Kier alpha value is -2.05. The summed E-state index contributed by atoms with van der Waals surface area (Å²) in [5, 5.41) is 0. The first-order chi connectivity index (χ1) is 7.13. The average Bonchev–Trinajstić information content (AvgIpc) is 2.55. The molecule has 2 aromatic heterocycles. The van der Waals surface area contributed by atoms with Gasteiger partial charge >= 0.3 is 5.69 Å². The number of nitrogen functional groups attached to an aromatic ring is 1. The van der Waals surface area contributed by atoms with E-state index < -0.39 is 11.2 Å². The molecule has 0 fully saturated rings. The first-order valence-electron chi connectivity index (χ1n) is 4.61. The number of nitrogens with one attached hydrogen (secondary N) is 2. The van der Waals surface area contributed by atoms with Gasteiger partial charge in [-0.05, 0) is 6.42 Å². The number of rotatable bonds is 2. The molecule has 0 saturated heterocycles. The van der Waals surface area contributed by atoms with Gasteiger partial charge in [-0.2, -0.15) is 4.98 Å². The maximum absolute atomic E-state index is 11.5. The molecule has 2 aromatic rings. The summed E-state index contributed by atoms with van der Waals surface area (Å²) in [5.74, 6) is 0.131. The number of aromatic amines is 2. The highest BCUT2D eigenvalue weighted by Gasteiger charge is 2.10. The zero-order valence-corrected chi connectivity index (χ0v) is 8.20. The van der Waals surface area contributed by atoms with Gasteiger partial charge in [-0.15, -0.1) is 0 Å². The van der Waals surface area contributed by atoms with E-state index in [4.69, 9.17) is 5.73 Å². The lowest BCUT2D eigenvalue weighted by Gasteiger charge is -2.02. The number of H-pyrrole nitrogens is 2. The van der Waals surface area contributed by atoms with Crippen LogP contribution in [0.15, 0.2) is 9.59 Å². The SMILES string of the molecule is CCCn1c(=O)[nH]c(=O)c2[nH]c(N)nc21. The summed E-state index contributed by atoms with van der Waals surface area (Å²) in [6, 6.07) is 0. The van der Waals surface area contributed by atoms with E-state index in [-0.39, 0.29) is 11.5 Å². The molecular weight excluding hydrogens is 198 g/mol. The molecule has 0 aliphatic heterocycles. The lowest BCUT2D eigenvalue weighted by molar-refractivity contribution is 0.653. The number of aryl methyl sites for hydroxylation is 1. The molecule has 2 heterocycles. The Morgan fingerprint density at radius 2 is 2.13 bits per heavy atom. The predicted octanol–water partition coefficient (Wildman–Crippen LogP) is -0.595. The van der Waals surface area contributed by atoms with Crippen molar-refractivity contribution >= 4 is 17.1 Å². The minimum atomic E-state index is -0.494. The van der Waals surface area contributed by atoms with Crippen LogP contribution in [0.4, 0.5) is 5.95 Å². The van der Waals surface area contributed by atoms with Gasteiger partial charge in [0.2, 0.25) is 0 Å². The molecule has 0 unspecified atom stereocenters. The van der Waals surface area contributed by atoms with Crippen molar-refractivity contribution in [1.82, 2.24) is 19.5 Å². The molecule has 0 bridgehead atoms. The zero-order chi connectivity index (χ0) is 11.0. The smallest absolute Gasteiger partial charge is 0.330 e. The molecule has 0 amide bonds. The van der Waals surface area contributed by atoms with Crippen LogP contribution in [-0.2, 0) is 6.54 Å². The van der Waals surface area contributed by atoms with Crippen LogP contribution in [0.25, 0.3) is 11.2 Å². The summed E-state index contributed by atoms with van der Waals surface area (Å²) in [6.45, 7) is 2.43. The Bertz CT molecular complexity index is 606. The fourth-order valence-electron chi connectivity index (χ4n) is 1.49. The van der Waals surface area contributed by atoms with Crippen LogP contribution in [0.3, 0.4) is 0 Å². The Kier molecular flexibility index (Phi) is 2.07. The van der Waals surface area contributed by atoms with Gasteiger partial charge in [0.05, 0.1) is 0 Å². The Morgan fingerprint density at radius 1 is 1.40 bits per heavy atom. The molecule has 0 aliphatic rings. The van der Waals surface area contributed by atoms with E-state index in [1.807, 2.05) is 6.92 Å². The lowest BCUT2D eigenvalue weighted by Crippen LogP contribution is -2.30. The molecule has 15 heavy (non-hydrogen) atoms. The van der Waals surface area contributed by atoms with Gasteiger partial charge in [0.1, 0.15) is 0 Å². The second-order valence-electron chi connectivity index (χ2n) is 3.23. The number of hydrogen-bond donors (Lipinski definition) is 3. The van der Waals surface area contributed by atoms with Gasteiger partial charge < -0.3 is 10.7 Å². The van der Waals surface area contributed by atoms with Crippen LogP contribution in [0, 0.1) is 0 Å². The molecule has 0 saturated carbocycles. The fourth-order valence-corrected chi connectivity index (χ4v) is 1.49. The first-order valence-corrected chi connectivity index (χ1v) is 4.61. The van der Waals surface area contributed by atoms with E-state index in [0.717, 1.165) is 6.42 Å². The minimum Gasteiger partial charge on any atom is -0.369 e. The molecular formula is C8H11N5O2. The third-order valence-corrected chi connectivity index (χ3v) is 2.10. The van der Waals surface area contributed by atoms with Crippen molar-refractivity contribution in [3.8, 4) is 0 Å². The highest BCUT2D eigenvalue weighted by molar-refractivity contribution is 5.71. The molecule has 80 valence electrons. The number of aromatic nitrogens is 4. The molecule has 7 nitrogen and oxygen atoms in total. The van der Waals surface area contributed by atoms with Gasteiger partial charge in [-0.3, -0.25) is 14.3 Å². The molecule has 7 heteroatoms. The number of hydrogen-bond acceptors (Lipinski definition) is 4. The second kappa shape index (κ2) is 3.26. The van der Waals surface area contributed by atoms with Crippen LogP contribution in [0.2, 0.25) is 0 Å². The van der Waals surface area contributed by atoms with Crippen molar-refractivity contribution < 1.29 is 0 Å². The van der Waals surface area contributed by atoms with Crippen molar-refractivity contribution in [3.05, 3.63) is 20.8 Å². The highest BCUT2D eigenvalue weighted by atomic mass is 16.2. The minimum absolute atomic E-state index is 0.131. The van der Waals surface area contributed by atoms with Gasteiger partial charge in [0, 0.05) is 6.54 Å². The van der Waals surface area contributed by atoms with E-state index in [0.29, 0.717) is 12.2 Å². The third kappa shape index (κ3) is 1.41. The summed E-state index contributed by atoms with van der Waals surface area (Å²) in [5.41, 5.74) is 5.03. The molecule has 0 aliphatic carbocycles. The van der Waals surface area contributed by atoms with E-state index in [9.17, 15) is 9.59 Å². The van der Waals surface area contributed by atoms with Crippen molar-refractivity contribution in [2.75, 3.05) is 5.73 Å². The molecule has 0 radical (unpaired) electrons. The van der Waals surface area contributed by atoms with Gasteiger partial charge in [0.25, 0.3) is 5.56 Å². The van der Waals surface area contributed by atoms with Gasteiger partial charge in [-0.1, -0.05) is 6.92 Å². The topological polar surface area (TPSA) is 110 Å². The summed E-state index contributed by atoms with van der Waals surface area (Å²) < 4.78 is 1.39. The van der Waals surface area contributed by atoms with Crippen LogP contribution < -0.4 is 17.0 Å². The van der Waals surface area contributed by atoms with Crippen molar-refractivity contribution in [2.45, 2.75) is 19.9 Å². The van der Waals surface area contributed by atoms with E-state index in [1.165, 1.54) is 4.57 Å². The third-order valence-electron chi connectivity index (χ3n) is 2.10. The molecule has 4 N–H and O–H groups in total. The van der Waals surface area contributed by atoms with Crippen LogP contribution >= 0.6 is 0 Å². The zero-order valence-electron chi connectivity index (χ0n) is 8.20. The Balaban J connectivity index is 2.89. The summed E-state index contributed by atoms with van der Waals surface area (Å²) in [4.78, 5) is 31.6. The molecule has 0 atom stereocenters. The van der Waals surface area contributed by atoms with E-state index in [1.54, 1.807) is 0 Å². The maximum atomic E-state index is 11.5. The lowest BCUT2D eigenvalue weighted by atomic mass is 10.4. The number of imidazole rings is 1. The van der Waals surface area contributed by atoms with Crippen molar-refractivity contribution in [3.63, 3.8) is 0 Å². The van der Waals surface area contributed by atoms with Crippen LogP contribution in [0.5, 0.6) is 0 Å².